The van der Waals surface area contributed by atoms with E-state index in [-0.39, 0.29) is 0 Å². The zero-order chi connectivity index (χ0) is 8.97. The number of hydrogen-bond donors (Lipinski definition) is 0. The quantitative estimate of drug-likeness (QED) is 0.574. The van der Waals surface area contributed by atoms with Crippen molar-refractivity contribution in [2.24, 2.45) is 0 Å². The second kappa shape index (κ2) is 3.92. The molecule has 0 unspecified atom stereocenters. The SMILES string of the molecule is CC#Cc1cnccc1C(C)C. The van der Waals surface area contributed by atoms with Gasteiger partial charge >= 0.3 is 0 Å². The van der Waals surface area contributed by atoms with Crippen LogP contribution in [0.1, 0.15) is 37.8 Å². The smallest absolute Gasteiger partial charge is 0.0463 e. The largest absolute Gasteiger partial charge is 0.263 e. The van der Waals surface area contributed by atoms with Gasteiger partial charge in [-0.2, -0.15) is 0 Å². The van der Waals surface area contributed by atoms with Crippen molar-refractivity contribution in [1.29, 1.82) is 0 Å². The summed E-state index contributed by atoms with van der Waals surface area (Å²) < 4.78 is 0. The Hall–Kier alpha value is -1.29. The Bertz CT molecular complexity index is 315. The number of pyridine rings is 1. The fourth-order valence-electron chi connectivity index (χ4n) is 1.15. The van der Waals surface area contributed by atoms with Gasteiger partial charge in [0.1, 0.15) is 0 Å². The Kier molecular flexibility index (Phi) is 2.88. The number of rotatable bonds is 1. The van der Waals surface area contributed by atoms with E-state index in [1.165, 1.54) is 5.56 Å². The normalized spacial score (nSPS) is 9.33. The van der Waals surface area contributed by atoms with E-state index < -0.39 is 0 Å². The van der Waals surface area contributed by atoms with Crippen molar-refractivity contribution in [2.45, 2.75) is 26.7 Å². The molecule has 0 saturated carbocycles. The summed E-state index contributed by atoms with van der Waals surface area (Å²) in [4.78, 5) is 4.04. The van der Waals surface area contributed by atoms with Gasteiger partial charge in [0.05, 0.1) is 0 Å². The molecule has 0 N–H and O–H groups in total. The molecule has 1 rings (SSSR count). The summed E-state index contributed by atoms with van der Waals surface area (Å²) in [6, 6.07) is 2.03. The highest BCUT2D eigenvalue weighted by Crippen LogP contribution is 2.16. The van der Waals surface area contributed by atoms with Crippen molar-refractivity contribution >= 4 is 0 Å². The standard InChI is InChI=1S/C11H13N/c1-4-5-10-8-12-7-6-11(10)9(2)3/h6-9H,1-3H3. The van der Waals surface area contributed by atoms with Crippen LogP contribution < -0.4 is 0 Å². The molecule has 1 nitrogen and oxygen atoms in total. The van der Waals surface area contributed by atoms with Crippen LogP contribution in [-0.2, 0) is 0 Å². The summed E-state index contributed by atoms with van der Waals surface area (Å²) in [5, 5.41) is 0. The van der Waals surface area contributed by atoms with Crippen molar-refractivity contribution in [2.75, 3.05) is 0 Å². The zero-order valence-corrected chi connectivity index (χ0v) is 7.76. The van der Waals surface area contributed by atoms with Crippen LogP contribution in [0, 0.1) is 11.8 Å². The van der Waals surface area contributed by atoms with Gasteiger partial charge in [0.25, 0.3) is 0 Å². The van der Waals surface area contributed by atoms with Crippen molar-refractivity contribution in [1.82, 2.24) is 4.98 Å². The van der Waals surface area contributed by atoms with Crippen molar-refractivity contribution in [3.05, 3.63) is 29.6 Å². The van der Waals surface area contributed by atoms with E-state index in [4.69, 9.17) is 0 Å². The third-order valence-corrected chi connectivity index (χ3v) is 1.74. The van der Waals surface area contributed by atoms with Crippen LogP contribution in [-0.4, -0.2) is 4.98 Å². The second-order valence-corrected chi connectivity index (χ2v) is 2.99. The molecular weight excluding hydrogens is 146 g/mol. The first-order chi connectivity index (χ1) is 5.75. The second-order valence-electron chi connectivity index (χ2n) is 2.99. The predicted octanol–water partition coefficient (Wildman–Crippen LogP) is 2.58. The first kappa shape index (κ1) is 8.80. The maximum atomic E-state index is 4.04. The fourth-order valence-corrected chi connectivity index (χ4v) is 1.15. The topological polar surface area (TPSA) is 12.9 Å². The third kappa shape index (κ3) is 1.85. The Balaban J connectivity index is 3.14. The molecule has 0 aliphatic rings. The lowest BCUT2D eigenvalue weighted by Gasteiger charge is -2.06. The van der Waals surface area contributed by atoms with E-state index in [0.717, 1.165) is 5.56 Å². The molecule has 0 aliphatic heterocycles. The molecule has 0 radical (unpaired) electrons. The van der Waals surface area contributed by atoms with Crippen molar-refractivity contribution in [3.8, 4) is 11.8 Å². The highest BCUT2D eigenvalue weighted by Gasteiger charge is 2.02. The average Bonchev–Trinajstić information content (AvgIpc) is 2.05. The number of hydrogen-bond acceptors (Lipinski definition) is 1. The highest BCUT2D eigenvalue weighted by atomic mass is 14.6. The number of nitrogens with zero attached hydrogens (tertiary/aromatic N) is 1. The Morgan fingerprint density at radius 3 is 2.75 bits per heavy atom. The van der Waals surface area contributed by atoms with Crippen LogP contribution in [0.15, 0.2) is 18.5 Å². The van der Waals surface area contributed by atoms with Crippen molar-refractivity contribution < 1.29 is 0 Å². The highest BCUT2D eigenvalue weighted by molar-refractivity contribution is 5.40. The van der Waals surface area contributed by atoms with Crippen LogP contribution in [0.3, 0.4) is 0 Å². The molecule has 1 aromatic heterocycles. The summed E-state index contributed by atoms with van der Waals surface area (Å²) in [6.45, 7) is 6.17. The zero-order valence-electron chi connectivity index (χ0n) is 7.76. The molecule has 0 atom stereocenters. The Morgan fingerprint density at radius 2 is 2.17 bits per heavy atom. The Labute approximate surface area is 73.8 Å². The minimum absolute atomic E-state index is 0.517. The van der Waals surface area contributed by atoms with Crippen LogP contribution >= 0.6 is 0 Å². The lowest BCUT2D eigenvalue weighted by atomic mass is 10.00. The average molecular weight is 159 g/mol. The predicted molar refractivity (Wildman–Crippen MR) is 50.9 cm³/mol. The Morgan fingerprint density at radius 1 is 1.42 bits per heavy atom. The maximum absolute atomic E-state index is 4.04. The number of aromatic nitrogens is 1. The van der Waals surface area contributed by atoms with E-state index in [9.17, 15) is 0 Å². The minimum Gasteiger partial charge on any atom is -0.263 e. The molecule has 0 aliphatic carbocycles. The van der Waals surface area contributed by atoms with Gasteiger partial charge in [-0.15, -0.1) is 5.92 Å². The van der Waals surface area contributed by atoms with Crippen LogP contribution in [0.5, 0.6) is 0 Å². The monoisotopic (exact) mass is 159 g/mol. The van der Waals surface area contributed by atoms with E-state index in [1.807, 2.05) is 25.4 Å². The van der Waals surface area contributed by atoms with Gasteiger partial charge in [-0.05, 0) is 24.5 Å². The summed E-state index contributed by atoms with van der Waals surface area (Å²) in [7, 11) is 0. The molecule has 0 saturated heterocycles. The summed E-state index contributed by atoms with van der Waals surface area (Å²) in [6.07, 6.45) is 3.64. The van der Waals surface area contributed by atoms with Crippen LogP contribution in [0.25, 0.3) is 0 Å². The minimum atomic E-state index is 0.517. The molecule has 1 heteroatoms. The van der Waals surface area contributed by atoms with Gasteiger partial charge in [0.15, 0.2) is 0 Å². The molecule has 1 aromatic rings. The van der Waals surface area contributed by atoms with Crippen LogP contribution in [0.4, 0.5) is 0 Å². The molecule has 12 heavy (non-hydrogen) atoms. The molecule has 0 spiro atoms. The molecule has 0 amide bonds. The molecular formula is C11H13N. The van der Waals surface area contributed by atoms with Crippen molar-refractivity contribution in [3.63, 3.8) is 0 Å². The van der Waals surface area contributed by atoms with Gasteiger partial charge in [-0.25, -0.2) is 0 Å². The van der Waals surface area contributed by atoms with Gasteiger partial charge < -0.3 is 0 Å². The first-order valence-electron chi connectivity index (χ1n) is 4.12. The van der Waals surface area contributed by atoms with Gasteiger partial charge in [-0.3, -0.25) is 4.98 Å². The van der Waals surface area contributed by atoms with Gasteiger partial charge in [-0.1, -0.05) is 19.8 Å². The van der Waals surface area contributed by atoms with E-state index >= 15 is 0 Å². The molecule has 0 aromatic carbocycles. The fraction of sp³-hybridized carbons (Fsp3) is 0.364. The molecule has 62 valence electrons. The van der Waals surface area contributed by atoms with Gasteiger partial charge in [0.2, 0.25) is 0 Å². The molecule has 1 heterocycles. The van der Waals surface area contributed by atoms with E-state index in [0.29, 0.717) is 5.92 Å². The third-order valence-electron chi connectivity index (χ3n) is 1.74. The summed E-state index contributed by atoms with van der Waals surface area (Å²) >= 11 is 0. The van der Waals surface area contributed by atoms with E-state index in [1.54, 1.807) is 0 Å². The van der Waals surface area contributed by atoms with E-state index in [2.05, 4.69) is 30.7 Å². The molecule has 0 fully saturated rings. The summed E-state index contributed by atoms with van der Waals surface area (Å²) in [5.74, 6) is 6.45. The van der Waals surface area contributed by atoms with Gasteiger partial charge in [0, 0.05) is 18.0 Å². The van der Waals surface area contributed by atoms with Crippen LogP contribution in [0.2, 0.25) is 0 Å². The lowest BCUT2D eigenvalue weighted by molar-refractivity contribution is 0.859. The maximum Gasteiger partial charge on any atom is 0.0463 e. The molecule has 0 bridgehead atoms. The first-order valence-corrected chi connectivity index (χ1v) is 4.12. The summed E-state index contributed by atoms with van der Waals surface area (Å²) in [5.41, 5.74) is 2.33. The lowest BCUT2D eigenvalue weighted by Crippen LogP contribution is -1.92.